The SMILES string of the molecule is CCCN1CCc2c(sc3ncn4nc(-c5ccc(N(C)C)cc5)nc4c23)C1. The summed E-state index contributed by atoms with van der Waals surface area (Å²) in [5.74, 6) is 0.753. The molecule has 1 aliphatic rings. The number of fused-ring (bicyclic) bond motifs is 5. The Morgan fingerprint density at radius 3 is 2.75 bits per heavy atom. The molecule has 0 atom stereocenters. The topological polar surface area (TPSA) is 49.6 Å². The fourth-order valence-corrected chi connectivity index (χ4v) is 5.21. The normalized spacial score (nSPS) is 14.7. The summed E-state index contributed by atoms with van der Waals surface area (Å²) >= 11 is 1.81. The molecular formula is C21H24N6S. The molecule has 0 bridgehead atoms. The molecular weight excluding hydrogens is 368 g/mol. The van der Waals surface area contributed by atoms with Gasteiger partial charge in [-0.1, -0.05) is 6.92 Å². The average molecular weight is 393 g/mol. The van der Waals surface area contributed by atoms with Crippen molar-refractivity contribution in [2.75, 3.05) is 32.1 Å². The molecule has 0 radical (unpaired) electrons. The fourth-order valence-electron chi connectivity index (χ4n) is 3.98. The first-order valence-corrected chi connectivity index (χ1v) is 10.6. The van der Waals surface area contributed by atoms with Crippen molar-refractivity contribution in [2.24, 2.45) is 0 Å². The maximum atomic E-state index is 4.91. The zero-order valence-electron chi connectivity index (χ0n) is 16.5. The van der Waals surface area contributed by atoms with Crippen LogP contribution in [-0.2, 0) is 13.0 Å². The molecule has 7 heteroatoms. The van der Waals surface area contributed by atoms with Gasteiger partial charge in [-0.25, -0.2) is 14.5 Å². The van der Waals surface area contributed by atoms with Gasteiger partial charge in [0, 0.05) is 43.3 Å². The van der Waals surface area contributed by atoms with E-state index in [1.54, 1.807) is 6.33 Å². The molecule has 0 saturated carbocycles. The van der Waals surface area contributed by atoms with Crippen LogP contribution in [0, 0.1) is 0 Å². The van der Waals surface area contributed by atoms with Crippen LogP contribution in [0.15, 0.2) is 30.6 Å². The van der Waals surface area contributed by atoms with Gasteiger partial charge in [-0.3, -0.25) is 4.90 Å². The van der Waals surface area contributed by atoms with Crippen LogP contribution in [-0.4, -0.2) is 51.7 Å². The third-order valence-electron chi connectivity index (χ3n) is 5.44. The van der Waals surface area contributed by atoms with Gasteiger partial charge in [0.2, 0.25) is 0 Å². The zero-order chi connectivity index (χ0) is 19.3. The zero-order valence-corrected chi connectivity index (χ0v) is 17.3. The van der Waals surface area contributed by atoms with Gasteiger partial charge in [-0.15, -0.1) is 16.4 Å². The van der Waals surface area contributed by atoms with Crippen molar-refractivity contribution in [3.63, 3.8) is 0 Å². The molecule has 0 saturated heterocycles. The second-order valence-electron chi connectivity index (χ2n) is 7.60. The lowest BCUT2D eigenvalue weighted by atomic mass is 10.1. The molecule has 28 heavy (non-hydrogen) atoms. The highest BCUT2D eigenvalue weighted by Crippen LogP contribution is 2.36. The van der Waals surface area contributed by atoms with E-state index in [2.05, 4.69) is 46.0 Å². The number of hydrogen-bond donors (Lipinski definition) is 0. The number of rotatable bonds is 4. The summed E-state index contributed by atoms with van der Waals surface area (Å²) in [6, 6.07) is 8.37. The fraction of sp³-hybridized carbons (Fsp3) is 0.381. The molecule has 0 N–H and O–H groups in total. The molecule has 3 aromatic heterocycles. The average Bonchev–Trinajstić information content (AvgIpc) is 3.28. The largest absolute Gasteiger partial charge is 0.378 e. The van der Waals surface area contributed by atoms with Gasteiger partial charge < -0.3 is 4.90 Å². The van der Waals surface area contributed by atoms with Crippen LogP contribution in [0.5, 0.6) is 0 Å². The lowest BCUT2D eigenvalue weighted by Crippen LogP contribution is -2.30. The summed E-state index contributed by atoms with van der Waals surface area (Å²) in [5.41, 5.74) is 4.55. The molecule has 0 unspecified atom stereocenters. The highest BCUT2D eigenvalue weighted by atomic mass is 32.1. The van der Waals surface area contributed by atoms with Crippen molar-refractivity contribution in [3.05, 3.63) is 41.0 Å². The Kier molecular flexibility index (Phi) is 4.29. The van der Waals surface area contributed by atoms with E-state index < -0.39 is 0 Å². The van der Waals surface area contributed by atoms with Gasteiger partial charge in [-0.05, 0) is 49.2 Å². The van der Waals surface area contributed by atoms with Gasteiger partial charge in [-0.2, -0.15) is 0 Å². The minimum atomic E-state index is 0.753. The maximum absolute atomic E-state index is 4.91. The number of thiophene rings is 1. The highest BCUT2D eigenvalue weighted by molar-refractivity contribution is 7.19. The van der Waals surface area contributed by atoms with E-state index in [9.17, 15) is 0 Å². The molecule has 6 nitrogen and oxygen atoms in total. The van der Waals surface area contributed by atoms with Crippen LogP contribution in [0.2, 0.25) is 0 Å². The molecule has 1 aromatic carbocycles. The molecule has 0 aliphatic carbocycles. The molecule has 0 amide bonds. The predicted octanol–water partition coefficient (Wildman–Crippen LogP) is 3.84. The Balaban J connectivity index is 1.59. The Bertz CT molecular complexity index is 1140. The van der Waals surface area contributed by atoms with E-state index >= 15 is 0 Å². The summed E-state index contributed by atoms with van der Waals surface area (Å²) in [4.78, 5) is 16.7. The second kappa shape index (κ2) is 6.83. The highest BCUT2D eigenvalue weighted by Gasteiger charge is 2.24. The minimum absolute atomic E-state index is 0.753. The Morgan fingerprint density at radius 2 is 2.00 bits per heavy atom. The molecule has 144 valence electrons. The lowest BCUT2D eigenvalue weighted by molar-refractivity contribution is 0.258. The first kappa shape index (κ1) is 17.6. The third kappa shape index (κ3) is 2.86. The lowest BCUT2D eigenvalue weighted by Gasteiger charge is -2.26. The van der Waals surface area contributed by atoms with Crippen LogP contribution in [0.3, 0.4) is 0 Å². The van der Waals surface area contributed by atoms with Crippen molar-refractivity contribution in [1.82, 2.24) is 24.5 Å². The van der Waals surface area contributed by atoms with E-state index in [-0.39, 0.29) is 0 Å². The first-order chi connectivity index (χ1) is 13.6. The molecule has 4 aromatic rings. The third-order valence-corrected chi connectivity index (χ3v) is 6.56. The summed E-state index contributed by atoms with van der Waals surface area (Å²) in [5, 5.41) is 5.90. The van der Waals surface area contributed by atoms with Gasteiger partial charge >= 0.3 is 0 Å². The van der Waals surface area contributed by atoms with Crippen LogP contribution < -0.4 is 4.90 Å². The monoisotopic (exact) mass is 392 g/mol. The molecule has 0 spiro atoms. The molecule has 0 fully saturated rings. The predicted molar refractivity (Wildman–Crippen MR) is 115 cm³/mol. The van der Waals surface area contributed by atoms with Gasteiger partial charge in [0.15, 0.2) is 11.5 Å². The maximum Gasteiger partial charge on any atom is 0.182 e. The van der Waals surface area contributed by atoms with Crippen LogP contribution in [0.25, 0.3) is 27.3 Å². The summed E-state index contributed by atoms with van der Waals surface area (Å²) < 4.78 is 1.84. The van der Waals surface area contributed by atoms with Crippen molar-refractivity contribution < 1.29 is 0 Å². The number of anilines is 1. The molecule has 4 heterocycles. The number of nitrogens with zero attached hydrogens (tertiary/aromatic N) is 6. The van der Waals surface area contributed by atoms with E-state index in [1.165, 1.54) is 27.9 Å². The molecule has 1 aliphatic heterocycles. The van der Waals surface area contributed by atoms with Crippen LogP contribution in [0.1, 0.15) is 23.8 Å². The van der Waals surface area contributed by atoms with Gasteiger partial charge in [0.1, 0.15) is 11.2 Å². The quantitative estimate of drug-likeness (QED) is 0.528. The Hall–Kier alpha value is -2.51. The summed E-state index contributed by atoms with van der Waals surface area (Å²) in [6.45, 7) is 5.55. The minimum Gasteiger partial charge on any atom is -0.378 e. The number of benzene rings is 1. The number of aromatic nitrogens is 4. The van der Waals surface area contributed by atoms with Crippen molar-refractivity contribution in [1.29, 1.82) is 0 Å². The molecule has 5 rings (SSSR count). The summed E-state index contributed by atoms with van der Waals surface area (Å²) in [7, 11) is 4.09. The number of hydrogen-bond acceptors (Lipinski definition) is 6. The Morgan fingerprint density at radius 1 is 1.18 bits per heavy atom. The van der Waals surface area contributed by atoms with Crippen LogP contribution in [0.4, 0.5) is 5.69 Å². The van der Waals surface area contributed by atoms with Crippen molar-refractivity contribution in [2.45, 2.75) is 26.3 Å². The van der Waals surface area contributed by atoms with E-state index in [1.807, 2.05) is 29.9 Å². The van der Waals surface area contributed by atoms with E-state index in [0.717, 1.165) is 47.9 Å². The van der Waals surface area contributed by atoms with E-state index in [4.69, 9.17) is 10.1 Å². The Labute approximate surface area is 168 Å². The van der Waals surface area contributed by atoms with Gasteiger partial charge in [0.05, 0.1) is 5.39 Å². The van der Waals surface area contributed by atoms with Crippen molar-refractivity contribution >= 4 is 32.9 Å². The standard InChI is InChI=1S/C21H24N6S/c1-4-10-26-11-9-16-17(12-26)28-21-18(16)20-23-19(24-27(20)13-22-21)14-5-7-15(8-6-14)25(2)3/h5-8,13H,4,9-12H2,1-3H3. The second-order valence-corrected chi connectivity index (χ2v) is 8.68. The van der Waals surface area contributed by atoms with Crippen molar-refractivity contribution in [3.8, 4) is 11.4 Å². The smallest absolute Gasteiger partial charge is 0.182 e. The first-order valence-electron chi connectivity index (χ1n) is 9.79. The van der Waals surface area contributed by atoms with Crippen LogP contribution >= 0.6 is 11.3 Å². The van der Waals surface area contributed by atoms with Gasteiger partial charge in [0.25, 0.3) is 0 Å². The summed E-state index contributed by atoms with van der Waals surface area (Å²) in [6.07, 6.45) is 4.06. The van der Waals surface area contributed by atoms with E-state index in [0.29, 0.717) is 0 Å².